The van der Waals surface area contributed by atoms with Crippen molar-refractivity contribution in [3.05, 3.63) is 22.2 Å². The van der Waals surface area contributed by atoms with Crippen LogP contribution in [0.1, 0.15) is 6.92 Å². The lowest BCUT2D eigenvalue weighted by Crippen LogP contribution is -2.28. The highest BCUT2D eigenvalue weighted by Gasteiger charge is 2.25. The average Bonchev–Trinajstić information content (AvgIpc) is 2.45. The van der Waals surface area contributed by atoms with E-state index in [1.54, 1.807) is 0 Å². The van der Waals surface area contributed by atoms with Crippen molar-refractivity contribution >= 4 is 28.9 Å². The van der Waals surface area contributed by atoms with Crippen LogP contribution in [-0.2, 0) is 14.3 Å². The predicted molar refractivity (Wildman–Crippen MR) is 72.3 cm³/mol. The summed E-state index contributed by atoms with van der Waals surface area (Å²) in [6.07, 6.45) is 0. The third-order valence-corrected chi connectivity index (χ3v) is 2.85. The lowest BCUT2D eigenvalue weighted by molar-refractivity contribution is -0.384. The number of nitro groups is 1. The predicted octanol–water partition coefficient (Wildman–Crippen LogP) is 0.899. The van der Waals surface area contributed by atoms with Gasteiger partial charge in [-0.05, 0) is 13.0 Å². The fourth-order valence-corrected chi connectivity index (χ4v) is 1.85. The summed E-state index contributed by atoms with van der Waals surface area (Å²) in [6, 6.07) is 1.76. The molecular formula is C12H13N3O6. The number of nitrogens with zero attached hydrogens (tertiary/aromatic N) is 1. The van der Waals surface area contributed by atoms with E-state index in [4.69, 9.17) is 4.74 Å². The number of nitro benzene ring substituents is 1. The second-order valence-corrected chi connectivity index (χ2v) is 4.35. The Morgan fingerprint density at radius 2 is 2.29 bits per heavy atom. The maximum absolute atomic E-state index is 11.4. The number of ether oxygens (including phenoxy) is 2. The molecule has 0 saturated heterocycles. The van der Waals surface area contributed by atoms with Gasteiger partial charge in [-0.1, -0.05) is 0 Å². The molecular weight excluding hydrogens is 282 g/mol. The zero-order valence-corrected chi connectivity index (χ0v) is 11.3. The van der Waals surface area contributed by atoms with Crippen LogP contribution < -0.4 is 15.4 Å². The molecule has 2 N–H and O–H groups in total. The molecule has 1 aliphatic rings. The van der Waals surface area contributed by atoms with Crippen LogP contribution in [0.15, 0.2) is 12.1 Å². The van der Waals surface area contributed by atoms with Crippen LogP contribution in [0, 0.1) is 10.1 Å². The smallest absolute Gasteiger partial charge is 0.327 e. The molecule has 1 heterocycles. The van der Waals surface area contributed by atoms with Crippen molar-refractivity contribution in [1.82, 2.24) is 0 Å². The largest absolute Gasteiger partial charge is 0.481 e. The minimum Gasteiger partial charge on any atom is -0.481 e. The van der Waals surface area contributed by atoms with Crippen molar-refractivity contribution in [2.24, 2.45) is 0 Å². The molecule has 112 valence electrons. The zero-order chi connectivity index (χ0) is 15.6. The lowest BCUT2D eigenvalue weighted by Gasteiger charge is -2.20. The molecule has 0 spiro atoms. The fraction of sp³-hybridized carbons (Fsp3) is 0.333. The van der Waals surface area contributed by atoms with E-state index in [1.165, 1.54) is 26.2 Å². The van der Waals surface area contributed by atoms with Crippen molar-refractivity contribution in [3.63, 3.8) is 0 Å². The van der Waals surface area contributed by atoms with Gasteiger partial charge in [-0.25, -0.2) is 4.79 Å². The third-order valence-electron chi connectivity index (χ3n) is 2.85. The summed E-state index contributed by atoms with van der Waals surface area (Å²) < 4.78 is 9.67. The Balaban J connectivity index is 2.38. The van der Waals surface area contributed by atoms with Gasteiger partial charge >= 0.3 is 5.97 Å². The summed E-state index contributed by atoms with van der Waals surface area (Å²) in [5.41, 5.74) is 0.125. The molecule has 1 aromatic carbocycles. The highest BCUT2D eigenvalue weighted by molar-refractivity contribution is 5.97. The summed E-state index contributed by atoms with van der Waals surface area (Å²) in [6.45, 7) is 1.31. The molecule has 1 aromatic rings. The van der Waals surface area contributed by atoms with Crippen molar-refractivity contribution in [3.8, 4) is 5.75 Å². The summed E-state index contributed by atoms with van der Waals surface area (Å²) in [5.74, 6) is -0.719. The van der Waals surface area contributed by atoms with Gasteiger partial charge in [-0.15, -0.1) is 0 Å². The van der Waals surface area contributed by atoms with E-state index in [0.717, 1.165) is 0 Å². The Labute approximate surface area is 119 Å². The van der Waals surface area contributed by atoms with E-state index >= 15 is 0 Å². The van der Waals surface area contributed by atoms with Crippen LogP contribution in [-0.4, -0.2) is 36.6 Å². The quantitative estimate of drug-likeness (QED) is 0.481. The van der Waals surface area contributed by atoms with E-state index in [-0.39, 0.29) is 29.6 Å². The molecule has 9 nitrogen and oxygen atoms in total. The zero-order valence-electron chi connectivity index (χ0n) is 11.3. The molecule has 21 heavy (non-hydrogen) atoms. The fourth-order valence-electron chi connectivity index (χ4n) is 1.85. The van der Waals surface area contributed by atoms with Crippen LogP contribution in [0.2, 0.25) is 0 Å². The number of rotatable bonds is 4. The first-order valence-corrected chi connectivity index (χ1v) is 6.02. The number of carbonyl (C=O) groups is 2. The molecule has 0 bridgehead atoms. The van der Waals surface area contributed by atoms with Crippen molar-refractivity contribution in [2.45, 2.75) is 13.0 Å². The van der Waals surface area contributed by atoms with Gasteiger partial charge in [0.1, 0.15) is 11.7 Å². The van der Waals surface area contributed by atoms with Crippen LogP contribution >= 0.6 is 0 Å². The highest BCUT2D eigenvalue weighted by atomic mass is 16.6. The number of carbonyl (C=O) groups excluding carboxylic acids is 2. The molecule has 0 fully saturated rings. The second-order valence-electron chi connectivity index (χ2n) is 4.35. The van der Waals surface area contributed by atoms with Crippen LogP contribution in [0.5, 0.6) is 5.75 Å². The van der Waals surface area contributed by atoms with Gasteiger partial charge in [0, 0.05) is 0 Å². The Morgan fingerprint density at radius 3 is 2.90 bits per heavy atom. The van der Waals surface area contributed by atoms with E-state index < -0.39 is 16.9 Å². The standard InChI is InChI=1S/C12H13N3O6/c1-6(12(17)20-2)13-7-3-8-10(4-9(7)15(18)19)21-5-11(16)14-8/h3-4,6,13H,5H2,1-2H3,(H,14,16). The molecule has 1 unspecified atom stereocenters. The van der Waals surface area contributed by atoms with Gasteiger partial charge in [0.2, 0.25) is 0 Å². The molecule has 0 radical (unpaired) electrons. The first kappa shape index (κ1) is 14.6. The van der Waals surface area contributed by atoms with Gasteiger partial charge in [-0.2, -0.15) is 0 Å². The lowest BCUT2D eigenvalue weighted by atomic mass is 10.2. The molecule has 0 aromatic heterocycles. The van der Waals surface area contributed by atoms with Crippen molar-refractivity contribution in [1.29, 1.82) is 0 Å². The van der Waals surface area contributed by atoms with Gasteiger partial charge in [0.15, 0.2) is 12.4 Å². The Hall–Kier alpha value is -2.84. The third kappa shape index (κ3) is 3.02. The van der Waals surface area contributed by atoms with E-state index in [2.05, 4.69) is 15.4 Å². The summed E-state index contributed by atoms with van der Waals surface area (Å²) in [7, 11) is 1.22. The van der Waals surface area contributed by atoms with Crippen LogP contribution in [0.25, 0.3) is 0 Å². The van der Waals surface area contributed by atoms with Crippen LogP contribution in [0.4, 0.5) is 17.1 Å². The maximum Gasteiger partial charge on any atom is 0.327 e. The number of nitrogens with one attached hydrogen (secondary N) is 2. The first-order chi connectivity index (χ1) is 9.92. The summed E-state index contributed by atoms with van der Waals surface area (Å²) >= 11 is 0. The molecule has 0 aliphatic carbocycles. The average molecular weight is 295 g/mol. The molecule has 2 rings (SSSR count). The Bertz CT molecular complexity index is 615. The summed E-state index contributed by atoms with van der Waals surface area (Å²) in [4.78, 5) is 33.2. The number of esters is 1. The minimum absolute atomic E-state index is 0.0856. The number of amides is 1. The first-order valence-electron chi connectivity index (χ1n) is 6.02. The Morgan fingerprint density at radius 1 is 1.57 bits per heavy atom. The summed E-state index contributed by atoms with van der Waals surface area (Å²) in [5, 5.41) is 16.3. The molecule has 9 heteroatoms. The van der Waals surface area contributed by atoms with E-state index in [9.17, 15) is 19.7 Å². The van der Waals surface area contributed by atoms with Crippen molar-refractivity contribution in [2.75, 3.05) is 24.4 Å². The topological polar surface area (TPSA) is 120 Å². The molecule has 1 amide bonds. The van der Waals surface area contributed by atoms with Crippen molar-refractivity contribution < 1.29 is 24.0 Å². The van der Waals surface area contributed by atoms with Gasteiger partial charge in [0.05, 0.1) is 23.8 Å². The number of hydrogen-bond donors (Lipinski definition) is 2. The SMILES string of the molecule is COC(=O)C(C)Nc1cc2c(cc1[N+](=O)[O-])OCC(=O)N2. The molecule has 0 saturated carbocycles. The number of anilines is 2. The maximum atomic E-state index is 11.4. The molecule has 1 aliphatic heterocycles. The number of fused-ring (bicyclic) bond motifs is 1. The van der Waals surface area contributed by atoms with Gasteiger partial charge in [0.25, 0.3) is 11.6 Å². The van der Waals surface area contributed by atoms with Gasteiger partial charge < -0.3 is 20.1 Å². The highest BCUT2D eigenvalue weighted by Crippen LogP contribution is 2.38. The second kappa shape index (κ2) is 5.65. The van der Waals surface area contributed by atoms with Crippen LogP contribution in [0.3, 0.4) is 0 Å². The molecule has 1 atom stereocenters. The van der Waals surface area contributed by atoms with E-state index in [0.29, 0.717) is 5.69 Å². The number of hydrogen-bond acceptors (Lipinski definition) is 7. The number of benzene rings is 1. The minimum atomic E-state index is -0.785. The normalized spacial score (nSPS) is 14.3. The Kier molecular flexibility index (Phi) is 3.92. The monoisotopic (exact) mass is 295 g/mol. The van der Waals surface area contributed by atoms with Gasteiger partial charge in [-0.3, -0.25) is 14.9 Å². The number of methoxy groups -OCH3 is 1. The van der Waals surface area contributed by atoms with E-state index in [1.807, 2.05) is 0 Å².